The lowest BCUT2D eigenvalue weighted by atomic mass is 10.1. The van der Waals surface area contributed by atoms with E-state index in [2.05, 4.69) is 19.9 Å². The Kier molecular flexibility index (Phi) is 5.70. The molecule has 0 amide bonds. The van der Waals surface area contributed by atoms with Crippen LogP contribution >= 0.6 is 0 Å². The van der Waals surface area contributed by atoms with Crippen LogP contribution in [0.15, 0.2) is 116 Å². The molecule has 0 fully saturated rings. The molecule has 3 heterocycles. The summed E-state index contributed by atoms with van der Waals surface area (Å²) < 4.78 is 0. The van der Waals surface area contributed by atoms with Gasteiger partial charge < -0.3 is 0 Å². The molecule has 3 aromatic heterocycles. The summed E-state index contributed by atoms with van der Waals surface area (Å²) >= 11 is 0. The van der Waals surface area contributed by atoms with Crippen molar-refractivity contribution in [3.63, 3.8) is 0 Å². The largest absolute Gasteiger partial charge is 0.261 e. The molecular formula is C29H19N7. The van der Waals surface area contributed by atoms with E-state index in [-0.39, 0.29) is 0 Å². The summed E-state index contributed by atoms with van der Waals surface area (Å²) in [6.07, 6.45) is 10.2. The first-order valence-corrected chi connectivity index (χ1v) is 11.4. The van der Waals surface area contributed by atoms with Gasteiger partial charge >= 0.3 is 0 Å². The van der Waals surface area contributed by atoms with Crippen LogP contribution in [0.2, 0.25) is 0 Å². The van der Waals surface area contributed by atoms with Gasteiger partial charge in [-0.2, -0.15) is 0 Å². The van der Waals surface area contributed by atoms with E-state index in [1.165, 1.54) is 0 Å². The number of benzene rings is 3. The summed E-state index contributed by atoms with van der Waals surface area (Å²) in [6, 6.07) is 25.9. The van der Waals surface area contributed by atoms with E-state index in [4.69, 9.17) is 15.0 Å². The fraction of sp³-hybridized carbons (Fsp3) is 0. The molecule has 0 bridgehead atoms. The fourth-order valence-electron chi connectivity index (χ4n) is 3.88. The number of nitrogens with zero attached hydrogens (tertiary/aromatic N) is 7. The van der Waals surface area contributed by atoms with E-state index < -0.39 is 0 Å². The quantitative estimate of drug-likeness (QED) is 0.318. The van der Waals surface area contributed by atoms with Crippen molar-refractivity contribution in [2.45, 2.75) is 0 Å². The summed E-state index contributed by atoms with van der Waals surface area (Å²) in [7, 11) is 0. The normalized spacial score (nSPS) is 10.8. The fourth-order valence-corrected chi connectivity index (χ4v) is 3.88. The van der Waals surface area contributed by atoms with E-state index in [1.54, 1.807) is 37.2 Å². The minimum atomic E-state index is 0.578. The minimum absolute atomic E-state index is 0.578. The third-order valence-electron chi connectivity index (χ3n) is 5.63. The molecular weight excluding hydrogens is 446 g/mol. The van der Waals surface area contributed by atoms with E-state index in [1.807, 2.05) is 78.9 Å². The standard InChI is InChI=1S/C29H19N7/c1-2-6-20(7-3-1)27-34-28(23-10-4-8-21(16-23)25-18-30-12-14-32-25)36-29(35-27)24-11-5-9-22(17-24)26-19-31-13-15-33-26/h1-19H. The van der Waals surface area contributed by atoms with Crippen molar-refractivity contribution in [2.75, 3.05) is 0 Å². The molecule has 36 heavy (non-hydrogen) atoms. The lowest BCUT2D eigenvalue weighted by molar-refractivity contribution is 1.07. The Bertz CT molecular complexity index is 1520. The van der Waals surface area contributed by atoms with Gasteiger partial charge in [-0.3, -0.25) is 19.9 Å². The lowest BCUT2D eigenvalue weighted by Crippen LogP contribution is -2.00. The van der Waals surface area contributed by atoms with E-state index >= 15 is 0 Å². The number of aromatic nitrogens is 7. The molecule has 0 N–H and O–H groups in total. The average molecular weight is 466 g/mol. The van der Waals surface area contributed by atoms with Gasteiger partial charge in [-0.05, 0) is 12.1 Å². The lowest BCUT2D eigenvalue weighted by Gasteiger charge is -2.10. The van der Waals surface area contributed by atoms with Crippen molar-refractivity contribution in [2.24, 2.45) is 0 Å². The zero-order chi connectivity index (χ0) is 24.2. The van der Waals surface area contributed by atoms with Crippen LogP contribution in [0.1, 0.15) is 0 Å². The topological polar surface area (TPSA) is 90.2 Å². The summed E-state index contributed by atoms with van der Waals surface area (Å²) in [6.45, 7) is 0. The van der Waals surface area contributed by atoms with Gasteiger partial charge in [0.25, 0.3) is 0 Å². The van der Waals surface area contributed by atoms with Crippen LogP contribution in [-0.2, 0) is 0 Å². The Labute approximate surface area is 207 Å². The van der Waals surface area contributed by atoms with Crippen LogP contribution in [-0.4, -0.2) is 34.9 Å². The maximum atomic E-state index is 4.87. The maximum Gasteiger partial charge on any atom is 0.164 e. The highest BCUT2D eigenvalue weighted by Gasteiger charge is 2.14. The highest BCUT2D eigenvalue weighted by molar-refractivity contribution is 5.72. The third-order valence-corrected chi connectivity index (χ3v) is 5.63. The maximum absolute atomic E-state index is 4.87. The summed E-state index contributed by atoms with van der Waals surface area (Å²) in [5.41, 5.74) is 6.09. The van der Waals surface area contributed by atoms with Crippen molar-refractivity contribution in [3.8, 4) is 56.7 Å². The van der Waals surface area contributed by atoms with E-state index in [0.717, 1.165) is 39.2 Å². The van der Waals surface area contributed by atoms with Crippen molar-refractivity contribution in [3.05, 3.63) is 116 Å². The average Bonchev–Trinajstić information content (AvgIpc) is 2.98. The second-order valence-corrected chi connectivity index (χ2v) is 8.02. The van der Waals surface area contributed by atoms with Crippen LogP contribution in [0.25, 0.3) is 56.7 Å². The predicted molar refractivity (Wildman–Crippen MR) is 138 cm³/mol. The van der Waals surface area contributed by atoms with Crippen molar-refractivity contribution in [1.82, 2.24) is 34.9 Å². The van der Waals surface area contributed by atoms with Gasteiger partial charge in [0.1, 0.15) is 0 Å². The summed E-state index contributed by atoms with van der Waals surface area (Å²) in [5, 5.41) is 0. The first-order valence-electron chi connectivity index (χ1n) is 11.4. The first-order chi connectivity index (χ1) is 17.8. The van der Waals surface area contributed by atoms with Crippen molar-refractivity contribution >= 4 is 0 Å². The van der Waals surface area contributed by atoms with Crippen LogP contribution in [0.5, 0.6) is 0 Å². The third kappa shape index (κ3) is 4.45. The Hall–Kier alpha value is -5.17. The molecule has 0 aliphatic carbocycles. The molecule has 7 heteroatoms. The van der Waals surface area contributed by atoms with Crippen LogP contribution in [0.4, 0.5) is 0 Å². The second-order valence-electron chi connectivity index (χ2n) is 8.02. The number of rotatable bonds is 5. The van der Waals surface area contributed by atoms with Gasteiger partial charge in [0.15, 0.2) is 17.5 Å². The molecule has 0 atom stereocenters. The highest BCUT2D eigenvalue weighted by Crippen LogP contribution is 2.28. The molecule has 6 aromatic rings. The van der Waals surface area contributed by atoms with Gasteiger partial charge in [-0.25, -0.2) is 15.0 Å². The van der Waals surface area contributed by atoms with Gasteiger partial charge in [-0.15, -0.1) is 0 Å². The summed E-state index contributed by atoms with van der Waals surface area (Å²) in [5.74, 6) is 1.76. The van der Waals surface area contributed by atoms with Crippen LogP contribution in [0.3, 0.4) is 0 Å². The number of hydrogen-bond donors (Lipinski definition) is 0. The Balaban J connectivity index is 1.50. The molecule has 0 saturated carbocycles. The highest BCUT2D eigenvalue weighted by atomic mass is 15.0. The van der Waals surface area contributed by atoms with Crippen molar-refractivity contribution < 1.29 is 0 Å². The molecule has 0 saturated heterocycles. The Morgan fingerprint density at radius 1 is 0.389 bits per heavy atom. The SMILES string of the molecule is c1ccc(-c2nc(-c3cccc(-c4cnccn4)c3)nc(-c3cccc(-c4cnccn4)c3)n2)cc1. The monoisotopic (exact) mass is 465 g/mol. The van der Waals surface area contributed by atoms with Gasteiger partial charge in [0.05, 0.1) is 23.8 Å². The molecule has 0 aliphatic heterocycles. The molecule has 170 valence electrons. The van der Waals surface area contributed by atoms with Gasteiger partial charge in [0, 0.05) is 52.6 Å². The first kappa shape index (κ1) is 21.4. The second kappa shape index (κ2) is 9.60. The smallest absolute Gasteiger partial charge is 0.164 e. The zero-order valence-corrected chi connectivity index (χ0v) is 19.1. The predicted octanol–water partition coefficient (Wildman–Crippen LogP) is 5.79. The molecule has 7 nitrogen and oxygen atoms in total. The molecule has 3 aromatic carbocycles. The molecule has 0 unspecified atom stereocenters. The van der Waals surface area contributed by atoms with Crippen LogP contribution in [0, 0.1) is 0 Å². The Morgan fingerprint density at radius 2 is 0.833 bits per heavy atom. The number of hydrogen-bond acceptors (Lipinski definition) is 7. The van der Waals surface area contributed by atoms with E-state index in [0.29, 0.717) is 17.5 Å². The van der Waals surface area contributed by atoms with Gasteiger partial charge in [-0.1, -0.05) is 66.7 Å². The molecule has 6 rings (SSSR count). The molecule has 0 radical (unpaired) electrons. The van der Waals surface area contributed by atoms with Crippen LogP contribution < -0.4 is 0 Å². The molecule has 0 aliphatic rings. The summed E-state index contributed by atoms with van der Waals surface area (Å²) in [4.78, 5) is 31.8. The molecule has 0 spiro atoms. The minimum Gasteiger partial charge on any atom is -0.261 e. The Morgan fingerprint density at radius 3 is 1.31 bits per heavy atom. The van der Waals surface area contributed by atoms with Crippen molar-refractivity contribution in [1.29, 1.82) is 0 Å². The van der Waals surface area contributed by atoms with E-state index in [9.17, 15) is 0 Å². The zero-order valence-electron chi connectivity index (χ0n) is 19.1. The van der Waals surface area contributed by atoms with Gasteiger partial charge in [0.2, 0.25) is 0 Å².